The minimum absolute atomic E-state index is 0.152. The summed E-state index contributed by atoms with van der Waals surface area (Å²) in [4.78, 5) is 20.7. The first-order valence-corrected chi connectivity index (χ1v) is 9.21. The number of carbonyl (C=O) groups is 1. The minimum Gasteiger partial charge on any atom is -0.439 e. The molecule has 0 saturated carbocycles. The Morgan fingerprint density at radius 1 is 1.07 bits per heavy atom. The van der Waals surface area contributed by atoms with Crippen molar-refractivity contribution in [3.8, 4) is 17.4 Å². The van der Waals surface area contributed by atoms with Crippen LogP contribution in [-0.2, 0) is 6.42 Å². The summed E-state index contributed by atoms with van der Waals surface area (Å²) in [6, 6.07) is 18.2. The van der Waals surface area contributed by atoms with Crippen molar-refractivity contribution in [2.24, 2.45) is 0 Å². The molecule has 0 radical (unpaired) electrons. The smallest absolute Gasteiger partial charge is 0.255 e. The Morgan fingerprint density at radius 3 is 2.55 bits per heavy atom. The van der Waals surface area contributed by atoms with Gasteiger partial charge >= 0.3 is 0 Å². The van der Waals surface area contributed by atoms with Crippen LogP contribution < -0.4 is 10.1 Å². The summed E-state index contributed by atoms with van der Waals surface area (Å²) in [7, 11) is 0. The number of aromatic nitrogens is 4. The molecule has 2 heterocycles. The molecule has 29 heavy (non-hydrogen) atoms. The van der Waals surface area contributed by atoms with Crippen LogP contribution in [0.5, 0.6) is 11.6 Å². The Morgan fingerprint density at radius 2 is 1.86 bits per heavy atom. The van der Waals surface area contributed by atoms with E-state index in [1.54, 1.807) is 47.4 Å². The molecule has 4 rings (SSSR count). The number of anilines is 1. The second-order valence-corrected chi connectivity index (χ2v) is 6.30. The average molecular weight is 385 g/mol. The summed E-state index contributed by atoms with van der Waals surface area (Å²) in [5, 5.41) is 7.02. The molecule has 2 aromatic carbocycles. The van der Waals surface area contributed by atoms with Crippen LogP contribution >= 0.6 is 0 Å². The van der Waals surface area contributed by atoms with Crippen LogP contribution in [0.15, 0.2) is 79.4 Å². The first kappa shape index (κ1) is 18.4. The Bertz CT molecular complexity index is 1090. The highest BCUT2D eigenvalue weighted by molar-refractivity contribution is 6.04. The quantitative estimate of drug-likeness (QED) is 0.536. The van der Waals surface area contributed by atoms with Gasteiger partial charge in [-0.05, 0) is 54.4 Å². The first-order valence-electron chi connectivity index (χ1n) is 9.21. The van der Waals surface area contributed by atoms with Crippen molar-refractivity contribution in [2.75, 3.05) is 5.32 Å². The molecule has 2 aromatic heterocycles. The second-order valence-electron chi connectivity index (χ2n) is 6.30. The number of hydrogen-bond acceptors (Lipinski definition) is 5. The van der Waals surface area contributed by atoms with Crippen molar-refractivity contribution in [2.45, 2.75) is 13.3 Å². The lowest BCUT2D eigenvalue weighted by Crippen LogP contribution is -2.11. The predicted molar refractivity (Wildman–Crippen MR) is 109 cm³/mol. The molecule has 7 nitrogen and oxygen atoms in total. The fourth-order valence-corrected chi connectivity index (χ4v) is 2.74. The van der Waals surface area contributed by atoms with Gasteiger partial charge in [0, 0.05) is 29.7 Å². The van der Waals surface area contributed by atoms with Gasteiger partial charge in [-0.3, -0.25) is 4.79 Å². The van der Waals surface area contributed by atoms with Crippen LogP contribution in [-0.4, -0.2) is 25.7 Å². The number of aryl methyl sites for hydroxylation is 1. The number of carbonyl (C=O) groups excluding carboxylic acids is 1. The molecule has 0 spiro atoms. The minimum atomic E-state index is -0.152. The lowest BCUT2D eigenvalue weighted by atomic mass is 10.1. The summed E-state index contributed by atoms with van der Waals surface area (Å²) in [6.45, 7) is 2.08. The molecule has 0 saturated heterocycles. The molecule has 1 N–H and O–H groups in total. The van der Waals surface area contributed by atoms with E-state index in [2.05, 4.69) is 27.3 Å². The normalized spacial score (nSPS) is 10.5. The molecule has 0 bridgehead atoms. The molecule has 0 fully saturated rings. The molecule has 0 unspecified atom stereocenters. The highest BCUT2D eigenvalue weighted by atomic mass is 16.5. The molecule has 0 aliphatic rings. The fourth-order valence-electron chi connectivity index (χ4n) is 2.74. The highest BCUT2D eigenvalue weighted by Crippen LogP contribution is 2.22. The Kier molecular flexibility index (Phi) is 5.29. The third-order valence-electron chi connectivity index (χ3n) is 4.33. The fraction of sp³-hybridized carbons (Fsp3) is 0.0909. The van der Waals surface area contributed by atoms with Crippen molar-refractivity contribution >= 4 is 11.6 Å². The summed E-state index contributed by atoms with van der Waals surface area (Å²) in [5.41, 5.74) is 2.50. The maximum Gasteiger partial charge on any atom is 0.255 e. The number of hydrogen-bond donors (Lipinski definition) is 1. The zero-order valence-electron chi connectivity index (χ0n) is 15.8. The van der Waals surface area contributed by atoms with Gasteiger partial charge in [0.15, 0.2) is 5.82 Å². The van der Waals surface area contributed by atoms with Crippen LogP contribution in [0.25, 0.3) is 5.82 Å². The van der Waals surface area contributed by atoms with Crippen LogP contribution in [0.4, 0.5) is 5.69 Å². The molecule has 1 amide bonds. The zero-order valence-corrected chi connectivity index (χ0v) is 15.8. The molecule has 144 valence electrons. The van der Waals surface area contributed by atoms with Gasteiger partial charge in [-0.15, -0.1) is 0 Å². The molecular weight excluding hydrogens is 366 g/mol. The number of benzene rings is 2. The van der Waals surface area contributed by atoms with Gasteiger partial charge in [0.25, 0.3) is 5.91 Å². The molecule has 0 atom stereocenters. The summed E-state index contributed by atoms with van der Waals surface area (Å²) in [6.07, 6.45) is 5.83. The van der Waals surface area contributed by atoms with E-state index in [-0.39, 0.29) is 5.91 Å². The molecule has 0 aliphatic heterocycles. The van der Waals surface area contributed by atoms with Crippen LogP contribution in [0.3, 0.4) is 0 Å². The van der Waals surface area contributed by atoms with Crippen molar-refractivity contribution in [3.63, 3.8) is 0 Å². The highest BCUT2D eigenvalue weighted by Gasteiger charge is 2.07. The summed E-state index contributed by atoms with van der Waals surface area (Å²) < 4.78 is 7.41. The van der Waals surface area contributed by atoms with E-state index in [9.17, 15) is 4.79 Å². The largest absolute Gasteiger partial charge is 0.439 e. The Hall–Kier alpha value is -4.00. The first-order chi connectivity index (χ1) is 14.2. The second kappa shape index (κ2) is 8.35. The van der Waals surface area contributed by atoms with Gasteiger partial charge in [-0.2, -0.15) is 5.10 Å². The average Bonchev–Trinajstić information content (AvgIpc) is 3.30. The topological polar surface area (TPSA) is 81.9 Å². The lowest BCUT2D eigenvalue weighted by molar-refractivity contribution is 0.102. The molecule has 7 heteroatoms. The van der Waals surface area contributed by atoms with E-state index < -0.39 is 0 Å². The maximum absolute atomic E-state index is 12.4. The number of nitrogens with zero attached hydrogens (tertiary/aromatic N) is 4. The standard InChI is InChI=1S/C22H19N5O2/c1-2-16-4-6-17(7-5-16)22(28)26-18-8-10-19(11-9-18)29-21-14-20(23-15-24-21)27-13-3-12-25-27/h3-15H,2H2,1H3,(H,26,28). The van der Waals surface area contributed by atoms with Gasteiger partial charge in [-0.1, -0.05) is 19.1 Å². The number of nitrogens with one attached hydrogen (secondary N) is 1. The van der Waals surface area contributed by atoms with Crippen molar-refractivity contribution in [1.82, 2.24) is 19.7 Å². The van der Waals surface area contributed by atoms with Gasteiger partial charge < -0.3 is 10.1 Å². The number of amides is 1. The third kappa shape index (κ3) is 4.47. The van der Waals surface area contributed by atoms with E-state index in [0.29, 0.717) is 28.7 Å². The summed E-state index contributed by atoms with van der Waals surface area (Å²) >= 11 is 0. The van der Waals surface area contributed by atoms with Crippen molar-refractivity contribution in [1.29, 1.82) is 0 Å². The van der Waals surface area contributed by atoms with Gasteiger partial charge in [0.05, 0.1) is 0 Å². The van der Waals surface area contributed by atoms with E-state index >= 15 is 0 Å². The molecular formula is C22H19N5O2. The lowest BCUT2D eigenvalue weighted by Gasteiger charge is -2.09. The maximum atomic E-state index is 12.4. The van der Waals surface area contributed by atoms with E-state index in [4.69, 9.17) is 4.74 Å². The Balaban J connectivity index is 1.41. The Labute approximate surface area is 168 Å². The zero-order chi connectivity index (χ0) is 20.1. The number of rotatable bonds is 6. The van der Waals surface area contributed by atoms with E-state index in [1.165, 1.54) is 11.9 Å². The van der Waals surface area contributed by atoms with Crippen LogP contribution in [0, 0.1) is 0 Å². The van der Waals surface area contributed by atoms with E-state index in [0.717, 1.165) is 6.42 Å². The monoisotopic (exact) mass is 385 g/mol. The van der Waals surface area contributed by atoms with Crippen molar-refractivity contribution in [3.05, 3.63) is 90.5 Å². The van der Waals surface area contributed by atoms with Gasteiger partial charge in [0.2, 0.25) is 5.88 Å². The third-order valence-corrected chi connectivity index (χ3v) is 4.33. The van der Waals surface area contributed by atoms with Gasteiger partial charge in [0.1, 0.15) is 12.1 Å². The SMILES string of the molecule is CCc1ccc(C(=O)Nc2ccc(Oc3cc(-n4cccn4)ncn3)cc2)cc1. The summed E-state index contributed by atoms with van der Waals surface area (Å²) in [5.74, 6) is 1.46. The molecule has 0 aliphatic carbocycles. The van der Waals surface area contributed by atoms with Crippen LogP contribution in [0.2, 0.25) is 0 Å². The molecule has 4 aromatic rings. The van der Waals surface area contributed by atoms with Crippen LogP contribution in [0.1, 0.15) is 22.8 Å². The van der Waals surface area contributed by atoms with E-state index in [1.807, 2.05) is 30.3 Å². The van der Waals surface area contributed by atoms with Crippen molar-refractivity contribution < 1.29 is 9.53 Å². The number of ether oxygens (including phenoxy) is 1. The van der Waals surface area contributed by atoms with Gasteiger partial charge in [-0.25, -0.2) is 14.6 Å². The predicted octanol–water partition coefficient (Wildman–Crippen LogP) is 4.27.